The van der Waals surface area contributed by atoms with E-state index in [1.54, 1.807) is 12.3 Å². The van der Waals surface area contributed by atoms with Crippen molar-refractivity contribution < 1.29 is 31.6 Å². The van der Waals surface area contributed by atoms with E-state index in [4.69, 9.17) is 4.84 Å². The quantitative estimate of drug-likeness (QED) is 0.592. The minimum absolute atomic E-state index is 0.0677. The lowest BCUT2D eigenvalue weighted by Gasteiger charge is -2.33. The third-order valence-corrected chi connectivity index (χ3v) is 6.47. The summed E-state index contributed by atoms with van der Waals surface area (Å²) >= 11 is 0. The van der Waals surface area contributed by atoms with E-state index in [-0.39, 0.29) is 37.0 Å². The Balaban J connectivity index is 1.58. The first-order chi connectivity index (χ1) is 16.0. The number of halogens is 5. The van der Waals surface area contributed by atoms with E-state index in [2.05, 4.69) is 15.2 Å². The lowest BCUT2D eigenvalue weighted by molar-refractivity contribution is -0.138. The zero-order valence-corrected chi connectivity index (χ0v) is 18.6. The molecule has 1 aliphatic carbocycles. The molecule has 1 saturated carbocycles. The Morgan fingerprint density at radius 3 is 2.74 bits per heavy atom. The summed E-state index contributed by atoms with van der Waals surface area (Å²) in [6.07, 6.45) is -0.581. The average molecular weight is 487 g/mol. The highest BCUT2D eigenvalue weighted by atomic mass is 19.4. The minimum Gasteiger partial charge on any atom is -0.395 e. The summed E-state index contributed by atoms with van der Waals surface area (Å²) in [5, 5.41) is 10.3. The number of carbonyl (C=O) groups excluding carboxylic acids is 1. The van der Waals surface area contributed by atoms with Crippen molar-refractivity contribution in [3.8, 4) is 0 Å². The molecule has 0 aromatic carbocycles. The fourth-order valence-corrected chi connectivity index (χ4v) is 4.66. The van der Waals surface area contributed by atoms with Gasteiger partial charge in [-0.3, -0.25) is 4.79 Å². The molecule has 2 aromatic heterocycles. The van der Waals surface area contributed by atoms with E-state index in [1.807, 2.05) is 12.2 Å². The van der Waals surface area contributed by atoms with E-state index in [1.165, 1.54) is 10.7 Å². The highest BCUT2D eigenvalue weighted by Crippen LogP contribution is 2.44. The van der Waals surface area contributed by atoms with Gasteiger partial charge in [0.2, 0.25) is 11.8 Å². The number of nitrogens with zero attached hydrogens (tertiary/aromatic N) is 4. The average Bonchev–Trinajstić information content (AvgIpc) is 3.40. The summed E-state index contributed by atoms with van der Waals surface area (Å²) in [6.45, 7) is 1.05. The van der Waals surface area contributed by atoms with Crippen molar-refractivity contribution >= 4 is 17.3 Å². The molecule has 2 aliphatic rings. The number of hydrogen-bond acceptors (Lipinski definition) is 5. The Hall–Kier alpha value is -2.79. The second kappa shape index (κ2) is 9.46. The van der Waals surface area contributed by atoms with Crippen LogP contribution in [0, 0.1) is 11.8 Å². The molecule has 1 aliphatic heterocycles. The van der Waals surface area contributed by atoms with Crippen molar-refractivity contribution in [2.75, 3.05) is 13.2 Å². The van der Waals surface area contributed by atoms with E-state index < -0.39 is 24.6 Å². The maximum atomic E-state index is 13.8. The molecule has 0 saturated heterocycles. The SMILES string of the molecule is CCC1CON=C1C(c1cn2ncc(CC(=O)NCC(F)(F)F)cc2n1)C1CCC(F)(F)CC1. The number of alkyl halides is 5. The topological polar surface area (TPSA) is 80.9 Å². The number of fused-ring (bicyclic) bond motifs is 1. The molecule has 34 heavy (non-hydrogen) atoms. The summed E-state index contributed by atoms with van der Waals surface area (Å²) in [5.74, 6) is -3.76. The first kappa shape index (κ1) is 24.3. The number of oxime groups is 1. The highest BCUT2D eigenvalue weighted by Gasteiger charge is 2.43. The van der Waals surface area contributed by atoms with Crippen LogP contribution in [0.2, 0.25) is 0 Å². The Morgan fingerprint density at radius 2 is 2.06 bits per heavy atom. The predicted octanol–water partition coefficient (Wildman–Crippen LogP) is 4.27. The lowest BCUT2D eigenvalue weighted by Crippen LogP contribution is -2.34. The molecular formula is C22H26F5N5O2. The molecule has 0 radical (unpaired) electrons. The second-order valence-corrected chi connectivity index (χ2v) is 8.99. The Bertz CT molecular complexity index is 1060. The number of nitrogens with one attached hydrogen (secondary N) is 1. The summed E-state index contributed by atoms with van der Waals surface area (Å²) in [4.78, 5) is 21.9. The van der Waals surface area contributed by atoms with Gasteiger partial charge in [0.15, 0.2) is 5.65 Å². The van der Waals surface area contributed by atoms with Crippen LogP contribution >= 0.6 is 0 Å². The number of imidazole rings is 1. The molecule has 186 valence electrons. The van der Waals surface area contributed by atoms with Crippen molar-refractivity contribution in [2.45, 2.75) is 63.5 Å². The minimum atomic E-state index is -4.49. The first-order valence-corrected chi connectivity index (χ1v) is 11.3. The van der Waals surface area contributed by atoms with Gasteiger partial charge in [0.05, 0.1) is 30.2 Å². The highest BCUT2D eigenvalue weighted by molar-refractivity contribution is 5.93. The van der Waals surface area contributed by atoms with Gasteiger partial charge in [-0.15, -0.1) is 0 Å². The molecule has 12 heteroatoms. The molecule has 1 fully saturated rings. The summed E-state index contributed by atoms with van der Waals surface area (Å²) in [7, 11) is 0. The monoisotopic (exact) mass is 487 g/mol. The Kier molecular flexibility index (Phi) is 6.77. The van der Waals surface area contributed by atoms with E-state index in [0.29, 0.717) is 36.4 Å². The molecule has 7 nitrogen and oxygen atoms in total. The fraction of sp³-hybridized carbons (Fsp3) is 0.636. The smallest absolute Gasteiger partial charge is 0.395 e. The van der Waals surface area contributed by atoms with Gasteiger partial charge < -0.3 is 10.2 Å². The lowest BCUT2D eigenvalue weighted by atomic mass is 9.73. The number of rotatable bonds is 7. The van der Waals surface area contributed by atoms with Crippen molar-refractivity contribution in [2.24, 2.45) is 17.0 Å². The standard InChI is InChI=1S/C22H26F5N5O2/c1-2-14-11-34-31-20(14)19(15-3-5-21(23,24)6-4-15)16-10-32-17(30-16)7-13(9-29-32)8-18(33)28-12-22(25,26)27/h7,9-10,14-15,19H,2-6,8,11-12H2,1H3,(H,28,33). The van der Waals surface area contributed by atoms with Crippen LogP contribution in [0.15, 0.2) is 23.6 Å². The summed E-state index contributed by atoms with van der Waals surface area (Å²) in [5.41, 5.74) is 2.25. The van der Waals surface area contributed by atoms with E-state index in [9.17, 15) is 26.7 Å². The predicted molar refractivity (Wildman–Crippen MR) is 113 cm³/mol. The van der Waals surface area contributed by atoms with Crippen molar-refractivity contribution in [3.05, 3.63) is 29.7 Å². The molecule has 1 amide bonds. The zero-order valence-electron chi connectivity index (χ0n) is 18.6. The van der Waals surface area contributed by atoms with Crippen LogP contribution in [0.1, 0.15) is 56.2 Å². The van der Waals surface area contributed by atoms with Crippen LogP contribution in [0.3, 0.4) is 0 Å². The number of hydrogen-bond donors (Lipinski definition) is 1. The number of amides is 1. The van der Waals surface area contributed by atoms with Gasteiger partial charge in [0.1, 0.15) is 13.2 Å². The molecule has 0 bridgehead atoms. The molecule has 2 aromatic rings. The largest absolute Gasteiger partial charge is 0.405 e. The van der Waals surface area contributed by atoms with Gasteiger partial charge in [-0.05, 0) is 36.8 Å². The summed E-state index contributed by atoms with van der Waals surface area (Å²) < 4.78 is 66.1. The van der Waals surface area contributed by atoms with Gasteiger partial charge in [-0.25, -0.2) is 18.3 Å². The molecular weight excluding hydrogens is 461 g/mol. The molecule has 2 atom stereocenters. The van der Waals surface area contributed by atoms with Crippen molar-refractivity contribution in [1.29, 1.82) is 0 Å². The second-order valence-electron chi connectivity index (χ2n) is 8.99. The van der Waals surface area contributed by atoms with Gasteiger partial charge in [-0.2, -0.15) is 18.3 Å². The molecule has 1 N–H and O–H groups in total. The van der Waals surface area contributed by atoms with Gasteiger partial charge in [0.25, 0.3) is 0 Å². The van der Waals surface area contributed by atoms with Crippen molar-refractivity contribution in [3.63, 3.8) is 0 Å². The molecule has 3 heterocycles. The molecule has 4 rings (SSSR count). The van der Waals surface area contributed by atoms with Crippen LogP contribution in [0.4, 0.5) is 22.0 Å². The van der Waals surface area contributed by atoms with Crippen LogP contribution in [0.5, 0.6) is 0 Å². The summed E-state index contributed by atoms with van der Waals surface area (Å²) in [6, 6.07) is 1.58. The third-order valence-electron chi connectivity index (χ3n) is 6.47. The third kappa shape index (κ3) is 5.64. The van der Waals surface area contributed by atoms with Crippen LogP contribution in [-0.2, 0) is 16.1 Å². The van der Waals surface area contributed by atoms with Crippen LogP contribution in [0.25, 0.3) is 5.65 Å². The van der Waals surface area contributed by atoms with E-state index in [0.717, 1.165) is 12.1 Å². The maximum absolute atomic E-state index is 13.8. The Morgan fingerprint density at radius 1 is 1.32 bits per heavy atom. The zero-order chi connectivity index (χ0) is 24.5. The van der Waals surface area contributed by atoms with Crippen LogP contribution in [-0.4, -0.2) is 51.5 Å². The van der Waals surface area contributed by atoms with Gasteiger partial charge >= 0.3 is 6.18 Å². The van der Waals surface area contributed by atoms with Crippen LogP contribution < -0.4 is 5.32 Å². The number of carbonyl (C=O) groups is 1. The number of aromatic nitrogens is 3. The fourth-order valence-electron chi connectivity index (χ4n) is 4.66. The normalized spacial score (nSPS) is 21.8. The van der Waals surface area contributed by atoms with Gasteiger partial charge in [0, 0.05) is 24.7 Å². The molecule has 2 unspecified atom stereocenters. The first-order valence-electron chi connectivity index (χ1n) is 11.3. The molecule has 0 spiro atoms. The van der Waals surface area contributed by atoms with Gasteiger partial charge in [-0.1, -0.05) is 12.1 Å². The van der Waals surface area contributed by atoms with E-state index >= 15 is 0 Å². The maximum Gasteiger partial charge on any atom is 0.405 e. The Labute approximate surface area is 192 Å². The van der Waals surface area contributed by atoms with Crippen molar-refractivity contribution in [1.82, 2.24) is 19.9 Å².